The molecule has 2 heterocycles. The molecule has 0 aliphatic carbocycles. The van der Waals surface area contributed by atoms with Gasteiger partial charge in [0.2, 0.25) is 0 Å². The third kappa shape index (κ3) is 3.61. The van der Waals surface area contributed by atoms with E-state index in [0.717, 1.165) is 16.4 Å². The normalized spacial score (nSPS) is 18.7. The Labute approximate surface area is 170 Å². The zero-order valence-corrected chi connectivity index (χ0v) is 16.6. The van der Waals surface area contributed by atoms with Crippen LogP contribution in [0.25, 0.3) is 0 Å². The van der Waals surface area contributed by atoms with E-state index in [4.69, 9.17) is 4.74 Å². The summed E-state index contributed by atoms with van der Waals surface area (Å²) in [5.41, 5.74) is 1.69. The summed E-state index contributed by atoms with van der Waals surface area (Å²) in [6, 6.07) is 12.0. The van der Waals surface area contributed by atoms with Crippen molar-refractivity contribution in [3.05, 3.63) is 62.7 Å². The molecule has 2 aromatic carbocycles. The summed E-state index contributed by atoms with van der Waals surface area (Å²) in [5.74, 6) is -0.906. The van der Waals surface area contributed by atoms with Crippen LogP contribution in [0.15, 0.2) is 42.5 Å². The lowest BCUT2D eigenvalue weighted by atomic mass is 10.1. The maximum Gasteiger partial charge on any atom is 0.261 e. The minimum Gasteiger partial charge on any atom is -0.376 e. The minimum absolute atomic E-state index is 0.0905. The van der Waals surface area contributed by atoms with Crippen molar-refractivity contribution in [2.45, 2.75) is 18.9 Å². The van der Waals surface area contributed by atoms with Gasteiger partial charge in [-0.25, -0.2) is 0 Å². The molecule has 0 saturated carbocycles. The average Bonchev–Trinajstić information content (AvgIpc) is 3.25. The highest BCUT2D eigenvalue weighted by molar-refractivity contribution is 14.1. The van der Waals surface area contributed by atoms with Crippen LogP contribution in [0.4, 0.5) is 5.69 Å². The van der Waals surface area contributed by atoms with Crippen LogP contribution in [-0.4, -0.2) is 41.9 Å². The second-order valence-corrected chi connectivity index (χ2v) is 7.82. The number of halogens is 1. The van der Waals surface area contributed by atoms with E-state index in [-0.39, 0.29) is 30.4 Å². The van der Waals surface area contributed by atoms with E-state index in [1.165, 1.54) is 4.90 Å². The van der Waals surface area contributed by atoms with Gasteiger partial charge in [0.1, 0.15) is 0 Å². The van der Waals surface area contributed by atoms with Crippen molar-refractivity contribution >= 4 is 46.0 Å². The predicted octanol–water partition coefficient (Wildman–Crippen LogP) is 3.32. The summed E-state index contributed by atoms with van der Waals surface area (Å²) in [5, 5.41) is 2.78. The van der Waals surface area contributed by atoms with E-state index >= 15 is 0 Å². The molecule has 7 heteroatoms. The molecule has 138 valence electrons. The summed E-state index contributed by atoms with van der Waals surface area (Å²) in [4.78, 5) is 38.8. The van der Waals surface area contributed by atoms with Crippen LogP contribution in [0.1, 0.15) is 43.9 Å². The molecule has 27 heavy (non-hydrogen) atoms. The summed E-state index contributed by atoms with van der Waals surface area (Å²) in [7, 11) is 0. The van der Waals surface area contributed by atoms with Gasteiger partial charge in [0.15, 0.2) is 0 Å². The molecule has 2 aliphatic rings. The van der Waals surface area contributed by atoms with Crippen molar-refractivity contribution in [3.8, 4) is 0 Å². The lowest BCUT2D eigenvalue weighted by Crippen LogP contribution is -2.36. The van der Waals surface area contributed by atoms with Gasteiger partial charge < -0.3 is 10.1 Å². The van der Waals surface area contributed by atoms with Crippen LogP contribution >= 0.6 is 22.6 Å². The number of rotatable bonds is 4. The topological polar surface area (TPSA) is 75.7 Å². The van der Waals surface area contributed by atoms with Crippen LogP contribution in [0.3, 0.4) is 0 Å². The molecule has 0 bridgehead atoms. The second-order valence-electron chi connectivity index (χ2n) is 6.58. The third-order valence-electron chi connectivity index (χ3n) is 4.75. The number of imide groups is 1. The van der Waals surface area contributed by atoms with Gasteiger partial charge >= 0.3 is 0 Å². The van der Waals surface area contributed by atoms with Crippen LogP contribution in [0.2, 0.25) is 0 Å². The van der Waals surface area contributed by atoms with Crippen molar-refractivity contribution in [1.29, 1.82) is 0 Å². The monoisotopic (exact) mass is 476 g/mol. The van der Waals surface area contributed by atoms with Crippen molar-refractivity contribution in [2.24, 2.45) is 0 Å². The summed E-state index contributed by atoms with van der Waals surface area (Å²) in [6.45, 7) is 0.944. The molecule has 3 amide bonds. The molecular formula is C20H17IN2O4. The largest absolute Gasteiger partial charge is 0.376 e. The molecule has 1 N–H and O–H groups in total. The lowest BCUT2D eigenvalue weighted by Gasteiger charge is -2.17. The first kappa shape index (κ1) is 18.1. The first-order chi connectivity index (χ1) is 13.0. The number of fused-ring (bicyclic) bond motifs is 1. The Morgan fingerprint density at radius 3 is 2.56 bits per heavy atom. The highest BCUT2D eigenvalue weighted by atomic mass is 127. The first-order valence-electron chi connectivity index (χ1n) is 8.72. The maximum atomic E-state index is 12.7. The summed E-state index contributed by atoms with van der Waals surface area (Å²) >= 11 is 2.17. The minimum atomic E-state index is -0.337. The fourth-order valence-electron chi connectivity index (χ4n) is 3.33. The Hall–Kier alpha value is -2.26. The highest BCUT2D eigenvalue weighted by Gasteiger charge is 2.37. The number of nitrogens with one attached hydrogen (secondary N) is 1. The summed E-state index contributed by atoms with van der Waals surface area (Å²) in [6.07, 6.45) is 1.71. The quantitative estimate of drug-likeness (QED) is 0.543. The van der Waals surface area contributed by atoms with Crippen LogP contribution < -0.4 is 5.32 Å². The standard InChI is InChI=1S/C20H17IN2O4/c21-13-5-3-12(4-6-13)18(24)22-14-7-8-16-17(10-14)20(26)23(19(16)25)11-15-2-1-9-27-15/h3-8,10,15H,1-2,9,11H2,(H,22,24). The molecule has 2 aliphatic heterocycles. The lowest BCUT2D eigenvalue weighted by molar-refractivity contribution is 0.0475. The van der Waals surface area contributed by atoms with Crippen molar-refractivity contribution in [3.63, 3.8) is 0 Å². The predicted molar refractivity (Wildman–Crippen MR) is 108 cm³/mol. The number of carbonyl (C=O) groups excluding carboxylic acids is 3. The first-order valence-corrected chi connectivity index (χ1v) is 9.79. The number of anilines is 1. The number of amides is 3. The average molecular weight is 476 g/mol. The Morgan fingerprint density at radius 1 is 1.11 bits per heavy atom. The number of hydrogen-bond donors (Lipinski definition) is 1. The number of hydrogen-bond acceptors (Lipinski definition) is 4. The van der Waals surface area contributed by atoms with Crippen LogP contribution in [0, 0.1) is 3.57 Å². The van der Waals surface area contributed by atoms with Gasteiger partial charge in [-0.1, -0.05) is 0 Å². The molecule has 0 spiro atoms. The van der Waals surface area contributed by atoms with Crippen molar-refractivity contribution in [2.75, 3.05) is 18.5 Å². The van der Waals surface area contributed by atoms with E-state index in [2.05, 4.69) is 27.9 Å². The zero-order chi connectivity index (χ0) is 19.0. The molecular weight excluding hydrogens is 459 g/mol. The molecule has 1 atom stereocenters. The number of nitrogens with zero attached hydrogens (tertiary/aromatic N) is 1. The van der Waals surface area contributed by atoms with E-state index in [9.17, 15) is 14.4 Å². The molecule has 1 unspecified atom stereocenters. The van der Waals surface area contributed by atoms with Crippen molar-refractivity contribution < 1.29 is 19.1 Å². The van der Waals surface area contributed by atoms with Gasteiger partial charge in [0, 0.05) is 21.4 Å². The highest BCUT2D eigenvalue weighted by Crippen LogP contribution is 2.27. The fourth-order valence-corrected chi connectivity index (χ4v) is 3.69. The Kier molecular flexibility index (Phi) is 4.96. The molecule has 1 saturated heterocycles. The molecule has 6 nitrogen and oxygen atoms in total. The van der Waals surface area contributed by atoms with E-state index in [0.29, 0.717) is 29.0 Å². The van der Waals surface area contributed by atoms with Gasteiger partial charge in [0.05, 0.1) is 23.8 Å². The smallest absolute Gasteiger partial charge is 0.261 e. The van der Waals surface area contributed by atoms with E-state index in [1.807, 2.05) is 12.1 Å². The number of ether oxygens (including phenoxy) is 1. The number of carbonyl (C=O) groups is 3. The van der Waals surface area contributed by atoms with Gasteiger partial charge in [-0.3, -0.25) is 19.3 Å². The van der Waals surface area contributed by atoms with Crippen LogP contribution in [0.5, 0.6) is 0 Å². The van der Waals surface area contributed by atoms with Gasteiger partial charge in [-0.2, -0.15) is 0 Å². The maximum absolute atomic E-state index is 12.7. The number of benzene rings is 2. The molecule has 1 fully saturated rings. The van der Waals surface area contributed by atoms with E-state index < -0.39 is 0 Å². The van der Waals surface area contributed by atoms with Gasteiger partial charge in [-0.05, 0) is 77.9 Å². The van der Waals surface area contributed by atoms with Crippen LogP contribution in [-0.2, 0) is 4.74 Å². The Bertz CT molecular complexity index is 920. The Morgan fingerprint density at radius 2 is 1.85 bits per heavy atom. The van der Waals surface area contributed by atoms with Crippen molar-refractivity contribution in [1.82, 2.24) is 4.90 Å². The third-order valence-corrected chi connectivity index (χ3v) is 5.46. The SMILES string of the molecule is O=C(Nc1ccc2c(c1)C(=O)N(CC1CCCO1)C2=O)c1ccc(I)cc1. The van der Waals surface area contributed by atoms with E-state index in [1.54, 1.807) is 30.3 Å². The molecule has 0 radical (unpaired) electrons. The molecule has 2 aromatic rings. The van der Waals surface area contributed by atoms with Gasteiger partial charge in [0.25, 0.3) is 17.7 Å². The van der Waals surface area contributed by atoms with Gasteiger partial charge in [-0.15, -0.1) is 0 Å². The zero-order valence-electron chi connectivity index (χ0n) is 14.4. The second kappa shape index (κ2) is 7.40. The molecule has 4 rings (SSSR count). The summed E-state index contributed by atoms with van der Waals surface area (Å²) < 4.78 is 6.58. The fraction of sp³-hybridized carbons (Fsp3) is 0.250. The molecule has 0 aromatic heterocycles. The Balaban J connectivity index is 1.52.